The molecule has 0 bridgehead atoms. The summed E-state index contributed by atoms with van der Waals surface area (Å²) in [5.74, 6) is 0.501. The van der Waals surface area contributed by atoms with Crippen molar-refractivity contribution >= 4 is 11.6 Å². The van der Waals surface area contributed by atoms with Gasteiger partial charge >= 0.3 is 0 Å². The number of carbonyl (C=O) groups is 1. The molecule has 114 valence electrons. The Morgan fingerprint density at radius 3 is 3.05 bits per heavy atom. The van der Waals surface area contributed by atoms with Crippen LogP contribution in [0.1, 0.15) is 27.9 Å². The maximum Gasteiger partial charge on any atom is 0.251 e. The Hall–Kier alpha value is -2.56. The topological polar surface area (TPSA) is 63.2 Å². The molecular weight excluding hydrogens is 278 g/mol. The van der Waals surface area contributed by atoms with Crippen molar-refractivity contribution in [1.82, 2.24) is 10.3 Å². The molecule has 5 heteroatoms. The van der Waals surface area contributed by atoms with E-state index in [0.717, 1.165) is 30.6 Å². The average molecular weight is 297 g/mol. The number of carbonyl (C=O) groups excluding carboxylic acids is 1. The zero-order chi connectivity index (χ0) is 15.4. The number of rotatable bonds is 4. The van der Waals surface area contributed by atoms with Gasteiger partial charge in [-0.2, -0.15) is 0 Å². The molecule has 0 saturated carbocycles. The zero-order valence-electron chi connectivity index (χ0n) is 12.6. The molecular formula is C17H19N3O2. The van der Waals surface area contributed by atoms with Crippen molar-refractivity contribution in [3.63, 3.8) is 0 Å². The second-order valence-electron chi connectivity index (χ2n) is 5.29. The van der Waals surface area contributed by atoms with Crippen molar-refractivity contribution < 1.29 is 9.53 Å². The number of aromatic nitrogens is 1. The van der Waals surface area contributed by atoms with Gasteiger partial charge in [-0.3, -0.25) is 4.79 Å². The molecule has 0 radical (unpaired) electrons. The van der Waals surface area contributed by atoms with Crippen LogP contribution in [0.25, 0.3) is 0 Å². The van der Waals surface area contributed by atoms with Gasteiger partial charge in [-0.1, -0.05) is 6.07 Å². The Morgan fingerprint density at radius 2 is 2.27 bits per heavy atom. The molecule has 0 spiro atoms. The highest BCUT2D eigenvalue weighted by molar-refractivity contribution is 5.94. The number of hydrogen-bond acceptors (Lipinski definition) is 4. The first kappa shape index (κ1) is 14.4. The summed E-state index contributed by atoms with van der Waals surface area (Å²) in [5.41, 5.74) is 3.99. The van der Waals surface area contributed by atoms with E-state index in [9.17, 15) is 4.79 Å². The van der Waals surface area contributed by atoms with Crippen LogP contribution in [0.5, 0.6) is 5.88 Å². The van der Waals surface area contributed by atoms with Crippen molar-refractivity contribution in [3.8, 4) is 5.88 Å². The van der Waals surface area contributed by atoms with Crippen molar-refractivity contribution in [2.24, 2.45) is 0 Å². The Labute approximate surface area is 129 Å². The van der Waals surface area contributed by atoms with Gasteiger partial charge < -0.3 is 15.4 Å². The number of aryl methyl sites for hydroxylation is 1. The summed E-state index contributed by atoms with van der Waals surface area (Å²) in [6, 6.07) is 9.50. The van der Waals surface area contributed by atoms with Crippen LogP contribution in [0.2, 0.25) is 0 Å². The minimum atomic E-state index is -0.0656. The van der Waals surface area contributed by atoms with E-state index in [1.807, 2.05) is 24.3 Å². The van der Waals surface area contributed by atoms with E-state index in [1.54, 1.807) is 19.4 Å². The summed E-state index contributed by atoms with van der Waals surface area (Å²) in [4.78, 5) is 16.4. The molecule has 1 aromatic carbocycles. The predicted octanol–water partition coefficient (Wildman–Crippen LogP) is 2.38. The number of fused-ring (bicyclic) bond motifs is 1. The van der Waals surface area contributed by atoms with Crippen LogP contribution in [-0.4, -0.2) is 24.5 Å². The number of pyridine rings is 1. The second kappa shape index (κ2) is 6.47. The van der Waals surface area contributed by atoms with Crippen molar-refractivity contribution in [3.05, 3.63) is 53.2 Å². The molecule has 0 fully saturated rings. The number of hydrogen-bond donors (Lipinski definition) is 2. The van der Waals surface area contributed by atoms with Gasteiger partial charge in [0.1, 0.15) is 0 Å². The standard InChI is InChI=1S/C17H19N3O2/c1-22-16-7-4-12(10-19-16)11-20-17(21)14-5-6-15-13(9-14)3-2-8-18-15/h4-7,9-10,18H,2-3,8,11H2,1H3,(H,20,21). The minimum absolute atomic E-state index is 0.0656. The van der Waals surface area contributed by atoms with Crippen molar-refractivity contribution in [1.29, 1.82) is 0 Å². The molecule has 1 aliphatic rings. The average Bonchev–Trinajstić information content (AvgIpc) is 2.59. The first-order valence-electron chi connectivity index (χ1n) is 7.40. The Bertz CT molecular complexity index is 668. The molecule has 2 N–H and O–H groups in total. The summed E-state index contributed by atoms with van der Waals surface area (Å²) in [7, 11) is 1.58. The number of anilines is 1. The number of ether oxygens (including phenoxy) is 1. The molecule has 1 aliphatic heterocycles. The Morgan fingerprint density at radius 1 is 1.36 bits per heavy atom. The third kappa shape index (κ3) is 3.19. The van der Waals surface area contributed by atoms with Gasteiger partial charge in [0.25, 0.3) is 5.91 Å². The van der Waals surface area contributed by atoms with Gasteiger partial charge in [0, 0.05) is 36.6 Å². The minimum Gasteiger partial charge on any atom is -0.481 e. The molecule has 1 aromatic heterocycles. The van der Waals surface area contributed by atoms with Crippen LogP contribution in [0.4, 0.5) is 5.69 Å². The van der Waals surface area contributed by atoms with E-state index in [2.05, 4.69) is 15.6 Å². The number of benzene rings is 1. The Balaban J connectivity index is 1.64. The first-order chi connectivity index (χ1) is 10.8. The molecule has 22 heavy (non-hydrogen) atoms. The quantitative estimate of drug-likeness (QED) is 0.909. The van der Waals surface area contributed by atoms with Crippen LogP contribution in [0.15, 0.2) is 36.5 Å². The van der Waals surface area contributed by atoms with Crippen LogP contribution in [-0.2, 0) is 13.0 Å². The van der Waals surface area contributed by atoms with Crippen LogP contribution < -0.4 is 15.4 Å². The lowest BCUT2D eigenvalue weighted by molar-refractivity contribution is 0.0951. The maximum absolute atomic E-state index is 12.3. The van der Waals surface area contributed by atoms with E-state index in [1.165, 1.54) is 5.56 Å². The van der Waals surface area contributed by atoms with E-state index >= 15 is 0 Å². The molecule has 3 rings (SSSR count). The lowest BCUT2D eigenvalue weighted by Gasteiger charge is -2.18. The third-order valence-corrected chi connectivity index (χ3v) is 3.77. The normalized spacial score (nSPS) is 13.0. The first-order valence-corrected chi connectivity index (χ1v) is 7.40. The number of methoxy groups -OCH3 is 1. The van der Waals surface area contributed by atoms with Crippen LogP contribution >= 0.6 is 0 Å². The zero-order valence-corrected chi connectivity index (χ0v) is 12.6. The number of amides is 1. The Kier molecular flexibility index (Phi) is 4.23. The SMILES string of the molecule is COc1ccc(CNC(=O)c2ccc3c(c2)CCCN3)cn1. The fourth-order valence-corrected chi connectivity index (χ4v) is 2.54. The third-order valence-electron chi connectivity index (χ3n) is 3.77. The van der Waals surface area contributed by atoms with E-state index in [4.69, 9.17) is 4.74 Å². The van der Waals surface area contributed by atoms with Gasteiger partial charge in [-0.15, -0.1) is 0 Å². The fraction of sp³-hybridized carbons (Fsp3) is 0.294. The van der Waals surface area contributed by atoms with Gasteiger partial charge in [0.05, 0.1) is 7.11 Å². The fourth-order valence-electron chi connectivity index (χ4n) is 2.54. The summed E-state index contributed by atoms with van der Waals surface area (Å²) in [5, 5.41) is 6.26. The molecule has 0 aliphatic carbocycles. The van der Waals surface area contributed by atoms with Crippen molar-refractivity contribution in [2.75, 3.05) is 19.0 Å². The lowest BCUT2D eigenvalue weighted by atomic mass is 10.0. The summed E-state index contributed by atoms with van der Waals surface area (Å²) in [6.45, 7) is 1.45. The monoisotopic (exact) mass is 297 g/mol. The largest absolute Gasteiger partial charge is 0.481 e. The smallest absolute Gasteiger partial charge is 0.251 e. The molecule has 0 unspecified atom stereocenters. The molecule has 0 atom stereocenters. The molecule has 2 heterocycles. The van der Waals surface area contributed by atoms with Gasteiger partial charge in [0.15, 0.2) is 0 Å². The second-order valence-corrected chi connectivity index (χ2v) is 5.29. The van der Waals surface area contributed by atoms with E-state index < -0.39 is 0 Å². The summed E-state index contributed by atoms with van der Waals surface area (Å²) in [6.07, 6.45) is 3.83. The predicted molar refractivity (Wildman–Crippen MR) is 85.2 cm³/mol. The van der Waals surface area contributed by atoms with Crippen LogP contribution in [0, 0.1) is 0 Å². The highest BCUT2D eigenvalue weighted by Crippen LogP contribution is 2.22. The van der Waals surface area contributed by atoms with Crippen LogP contribution in [0.3, 0.4) is 0 Å². The lowest BCUT2D eigenvalue weighted by Crippen LogP contribution is -2.23. The van der Waals surface area contributed by atoms with E-state index in [0.29, 0.717) is 18.0 Å². The molecule has 5 nitrogen and oxygen atoms in total. The number of nitrogens with one attached hydrogen (secondary N) is 2. The van der Waals surface area contributed by atoms with Gasteiger partial charge in [-0.25, -0.2) is 4.98 Å². The van der Waals surface area contributed by atoms with Gasteiger partial charge in [0.2, 0.25) is 5.88 Å². The highest BCUT2D eigenvalue weighted by atomic mass is 16.5. The molecule has 2 aromatic rings. The highest BCUT2D eigenvalue weighted by Gasteiger charge is 2.12. The van der Waals surface area contributed by atoms with Gasteiger partial charge in [-0.05, 0) is 42.2 Å². The number of nitrogens with zero attached hydrogens (tertiary/aromatic N) is 1. The summed E-state index contributed by atoms with van der Waals surface area (Å²) < 4.78 is 5.01. The van der Waals surface area contributed by atoms with Crippen molar-refractivity contribution in [2.45, 2.75) is 19.4 Å². The molecule has 1 amide bonds. The summed E-state index contributed by atoms with van der Waals surface area (Å²) >= 11 is 0. The molecule has 0 saturated heterocycles. The maximum atomic E-state index is 12.3. The van der Waals surface area contributed by atoms with E-state index in [-0.39, 0.29) is 5.91 Å².